The zero-order valence-electron chi connectivity index (χ0n) is 11.6. The Hall–Kier alpha value is -0.190. The molecular formula is C14H27N3S. The maximum Gasteiger partial charge on any atom is 0.0901 e. The van der Waals surface area contributed by atoms with Crippen LogP contribution in [0.5, 0.6) is 0 Å². The van der Waals surface area contributed by atoms with Crippen LogP contribution in [0.15, 0.2) is 0 Å². The van der Waals surface area contributed by atoms with Gasteiger partial charge in [0.2, 0.25) is 0 Å². The third-order valence-corrected chi connectivity index (χ3v) is 4.79. The molecule has 2 heterocycles. The molecule has 0 spiro atoms. The van der Waals surface area contributed by atoms with E-state index in [0.29, 0.717) is 11.0 Å². The van der Waals surface area contributed by atoms with Gasteiger partial charge in [-0.3, -0.25) is 4.90 Å². The van der Waals surface area contributed by atoms with Crippen molar-refractivity contribution in [2.75, 3.05) is 32.7 Å². The molecule has 18 heavy (non-hydrogen) atoms. The largest absolute Gasteiger partial charge is 0.392 e. The molecule has 0 aromatic carbocycles. The lowest BCUT2D eigenvalue weighted by atomic mass is 9.94. The van der Waals surface area contributed by atoms with E-state index in [1.165, 1.54) is 58.4 Å². The minimum atomic E-state index is 0.327. The van der Waals surface area contributed by atoms with E-state index in [2.05, 4.69) is 16.7 Å². The van der Waals surface area contributed by atoms with Crippen molar-refractivity contribution >= 4 is 17.2 Å². The summed E-state index contributed by atoms with van der Waals surface area (Å²) in [6.45, 7) is 8.50. The molecule has 0 aromatic heterocycles. The van der Waals surface area contributed by atoms with Crippen LogP contribution in [-0.2, 0) is 0 Å². The topological polar surface area (TPSA) is 32.5 Å². The highest BCUT2D eigenvalue weighted by atomic mass is 32.1. The highest BCUT2D eigenvalue weighted by Gasteiger charge is 2.27. The van der Waals surface area contributed by atoms with E-state index in [-0.39, 0.29) is 0 Å². The summed E-state index contributed by atoms with van der Waals surface area (Å²) in [4.78, 5) is 5.81. The van der Waals surface area contributed by atoms with Gasteiger partial charge in [0.25, 0.3) is 0 Å². The van der Waals surface area contributed by atoms with Crippen LogP contribution in [0, 0.1) is 5.92 Å². The Morgan fingerprint density at radius 3 is 2.33 bits per heavy atom. The summed E-state index contributed by atoms with van der Waals surface area (Å²) in [5.74, 6) is 0.892. The Balaban J connectivity index is 1.74. The maximum absolute atomic E-state index is 5.83. The lowest BCUT2D eigenvalue weighted by Gasteiger charge is -2.37. The number of thiocarbonyl (C=S) groups is 1. The van der Waals surface area contributed by atoms with E-state index in [9.17, 15) is 0 Å². The molecule has 3 nitrogen and oxygen atoms in total. The Labute approximate surface area is 117 Å². The van der Waals surface area contributed by atoms with Crippen molar-refractivity contribution < 1.29 is 0 Å². The zero-order chi connectivity index (χ0) is 13.0. The Morgan fingerprint density at radius 1 is 1.22 bits per heavy atom. The smallest absolute Gasteiger partial charge is 0.0901 e. The first-order valence-corrected chi connectivity index (χ1v) is 7.87. The number of rotatable bonds is 5. The summed E-state index contributed by atoms with van der Waals surface area (Å²) < 4.78 is 0. The molecule has 1 atom stereocenters. The van der Waals surface area contributed by atoms with Gasteiger partial charge in [-0.1, -0.05) is 19.1 Å². The molecule has 0 aromatic rings. The van der Waals surface area contributed by atoms with E-state index in [0.717, 1.165) is 12.3 Å². The highest BCUT2D eigenvalue weighted by Crippen LogP contribution is 2.22. The molecule has 4 heteroatoms. The molecule has 104 valence electrons. The summed E-state index contributed by atoms with van der Waals surface area (Å²) in [7, 11) is 0. The quantitative estimate of drug-likeness (QED) is 0.772. The van der Waals surface area contributed by atoms with E-state index >= 15 is 0 Å². The second-order valence-electron chi connectivity index (χ2n) is 5.81. The van der Waals surface area contributed by atoms with Crippen LogP contribution in [0.2, 0.25) is 0 Å². The first kappa shape index (κ1) is 14.2. The van der Waals surface area contributed by atoms with E-state index in [1.807, 2.05) is 0 Å². The van der Waals surface area contributed by atoms with Crippen LogP contribution in [0.25, 0.3) is 0 Å². The minimum absolute atomic E-state index is 0.327. The zero-order valence-corrected chi connectivity index (χ0v) is 12.4. The van der Waals surface area contributed by atoms with Crippen LogP contribution in [-0.4, -0.2) is 53.6 Å². The van der Waals surface area contributed by atoms with Crippen molar-refractivity contribution in [2.45, 2.75) is 45.1 Å². The van der Waals surface area contributed by atoms with Crippen LogP contribution >= 0.6 is 12.2 Å². The van der Waals surface area contributed by atoms with Crippen molar-refractivity contribution in [1.29, 1.82) is 0 Å². The van der Waals surface area contributed by atoms with Gasteiger partial charge in [0.05, 0.1) is 11.0 Å². The fourth-order valence-electron chi connectivity index (χ4n) is 3.42. The molecule has 2 aliphatic heterocycles. The lowest BCUT2D eigenvalue weighted by molar-refractivity contribution is 0.137. The average Bonchev–Trinajstić information content (AvgIpc) is 2.84. The van der Waals surface area contributed by atoms with Gasteiger partial charge in [-0.05, 0) is 64.2 Å². The van der Waals surface area contributed by atoms with Crippen molar-refractivity contribution in [3.8, 4) is 0 Å². The van der Waals surface area contributed by atoms with Gasteiger partial charge in [0.1, 0.15) is 0 Å². The molecule has 0 aliphatic carbocycles. The van der Waals surface area contributed by atoms with Gasteiger partial charge in [-0.25, -0.2) is 0 Å². The van der Waals surface area contributed by atoms with Crippen molar-refractivity contribution in [3.63, 3.8) is 0 Å². The Kier molecular flexibility index (Phi) is 5.39. The lowest BCUT2D eigenvalue weighted by Crippen LogP contribution is -2.48. The van der Waals surface area contributed by atoms with Gasteiger partial charge < -0.3 is 10.6 Å². The van der Waals surface area contributed by atoms with Gasteiger partial charge >= 0.3 is 0 Å². The molecule has 2 rings (SSSR count). The predicted octanol–water partition coefficient (Wildman–Crippen LogP) is 1.86. The molecule has 1 unspecified atom stereocenters. The Morgan fingerprint density at radius 2 is 1.83 bits per heavy atom. The number of hydrogen-bond acceptors (Lipinski definition) is 3. The SMILES string of the molecule is CCC(C(N)=S)N1CCC(CN2CCCC2)CC1. The Bertz CT molecular complexity index is 268. The maximum atomic E-state index is 5.83. The van der Waals surface area contributed by atoms with Crippen molar-refractivity contribution in [2.24, 2.45) is 11.7 Å². The highest BCUT2D eigenvalue weighted by molar-refractivity contribution is 7.80. The van der Waals surface area contributed by atoms with Crippen LogP contribution in [0.4, 0.5) is 0 Å². The van der Waals surface area contributed by atoms with E-state index in [1.54, 1.807) is 0 Å². The summed E-state index contributed by atoms with van der Waals surface area (Å²) in [5.41, 5.74) is 5.83. The van der Waals surface area contributed by atoms with Crippen molar-refractivity contribution in [3.05, 3.63) is 0 Å². The molecular weight excluding hydrogens is 242 g/mol. The van der Waals surface area contributed by atoms with Crippen LogP contribution in [0.1, 0.15) is 39.0 Å². The summed E-state index contributed by atoms with van der Waals surface area (Å²) in [6, 6.07) is 0.327. The number of hydrogen-bond donors (Lipinski definition) is 1. The molecule has 0 amide bonds. The summed E-state index contributed by atoms with van der Waals surface area (Å²) in [5, 5.41) is 0. The van der Waals surface area contributed by atoms with Gasteiger partial charge in [0, 0.05) is 6.54 Å². The third kappa shape index (κ3) is 3.65. The number of nitrogens with two attached hydrogens (primary N) is 1. The second kappa shape index (κ2) is 6.83. The van der Waals surface area contributed by atoms with Crippen molar-refractivity contribution in [1.82, 2.24) is 9.80 Å². The normalized spacial score (nSPS) is 25.4. The van der Waals surface area contributed by atoms with Gasteiger partial charge in [-0.15, -0.1) is 0 Å². The first-order chi connectivity index (χ1) is 8.70. The summed E-state index contributed by atoms with van der Waals surface area (Å²) >= 11 is 5.17. The molecule has 0 bridgehead atoms. The molecule has 2 N–H and O–H groups in total. The fourth-order valence-corrected chi connectivity index (χ4v) is 3.73. The van der Waals surface area contributed by atoms with E-state index in [4.69, 9.17) is 18.0 Å². The molecule has 2 aliphatic rings. The molecule has 2 fully saturated rings. The third-order valence-electron chi connectivity index (χ3n) is 4.52. The van der Waals surface area contributed by atoms with Gasteiger partial charge in [0.15, 0.2) is 0 Å². The van der Waals surface area contributed by atoms with Gasteiger partial charge in [-0.2, -0.15) is 0 Å². The molecule has 2 saturated heterocycles. The number of piperidine rings is 1. The first-order valence-electron chi connectivity index (χ1n) is 7.46. The summed E-state index contributed by atoms with van der Waals surface area (Å²) in [6.07, 6.45) is 6.48. The fraction of sp³-hybridized carbons (Fsp3) is 0.929. The number of nitrogens with zero attached hydrogens (tertiary/aromatic N) is 2. The average molecular weight is 269 g/mol. The molecule has 0 saturated carbocycles. The van der Waals surface area contributed by atoms with Crippen LogP contribution < -0.4 is 5.73 Å². The monoisotopic (exact) mass is 269 g/mol. The van der Waals surface area contributed by atoms with E-state index < -0.39 is 0 Å². The second-order valence-corrected chi connectivity index (χ2v) is 6.28. The minimum Gasteiger partial charge on any atom is -0.392 e. The standard InChI is InChI=1S/C14H27N3S/c1-2-13(14(15)18)17-9-5-12(6-10-17)11-16-7-3-4-8-16/h12-13H,2-11H2,1H3,(H2,15,18). The van der Waals surface area contributed by atoms with Crippen LogP contribution in [0.3, 0.4) is 0 Å². The molecule has 0 radical (unpaired) electrons. The number of likely N-dealkylation sites (tertiary alicyclic amines) is 2. The predicted molar refractivity (Wildman–Crippen MR) is 80.8 cm³/mol.